The second-order valence-electron chi connectivity index (χ2n) is 4.44. The number of carbonyl (C=O) groups is 1. The van der Waals surface area contributed by atoms with E-state index < -0.39 is 0 Å². The van der Waals surface area contributed by atoms with Gasteiger partial charge in [-0.1, -0.05) is 25.8 Å². The van der Waals surface area contributed by atoms with Crippen molar-refractivity contribution in [2.24, 2.45) is 5.92 Å². The summed E-state index contributed by atoms with van der Waals surface area (Å²) < 4.78 is 4.84. The zero-order chi connectivity index (χ0) is 13.1. The van der Waals surface area contributed by atoms with Gasteiger partial charge in [0.1, 0.15) is 0 Å². The summed E-state index contributed by atoms with van der Waals surface area (Å²) in [5.74, 6) is -0.00632. The number of unbranched alkanes of at least 4 members (excludes halogenated alkanes) is 2. The monoisotopic (exact) mass is 242 g/mol. The molecular formula is C14H26O3. The third-order valence-corrected chi connectivity index (χ3v) is 2.87. The highest BCUT2D eigenvalue weighted by atomic mass is 16.5. The molecule has 17 heavy (non-hydrogen) atoms. The molecule has 0 aliphatic carbocycles. The van der Waals surface area contributed by atoms with E-state index in [1.54, 1.807) is 0 Å². The maximum absolute atomic E-state index is 10.5. The largest absolute Gasteiger partial charge is 0.466 e. The van der Waals surface area contributed by atoms with Crippen LogP contribution in [0.2, 0.25) is 0 Å². The molecule has 100 valence electrons. The number of esters is 1. The minimum Gasteiger partial charge on any atom is -0.466 e. The van der Waals surface area contributed by atoms with Crippen molar-refractivity contribution in [1.82, 2.24) is 0 Å². The molecule has 0 saturated carbocycles. The van der Waals surface area contributed by atoms with Crippen molar-refractivity contribution in [3.05, 3.63) is 12.7 Å². The van der Waals surface area contributed by atoms with Gasteiger partial charge in [-0.25, -0.2) is 0 Å². The molecule has 0 fully saturated rings. The first-order valence-corrected chi connectivity index (χ1v) is 6.55. The molecule has 0 bridgehead atoms. The molecule has 0 aliphatic heterocycles. The summed E-state index contributed by atoms with van der Waals surface area (Å²) >= 11 is 0. The smallest absolute Gasteiger partial charge is 0.302 e. The van der Waals surface area contributed by atoms with Crippen LogP contribution in [-0.2, 0) is 9.53 Å². The zero-order valence-corrected chi connectivity index (χ0v) is 11.2. The molecule has 0 aromatic heterocycles. The topological polar surface area (TPSA) is 46.5 Å². The first kappa shape index (κ1) is 16.2. The Hall–Kier alpha value is -0.830. The number of aliphatic hydroxyl groups excluding tert-OH is 1. The van der Waals surface area contributed by atoms with Gasteiger partial charge in [0.15, 0.2) is 0 Å². The fourth-order valence-corrected chi connectivity index (χ4v) is 1.86. The van der Waals surface area contributed by atoms with E-state index >= 15 is 0 Å². The number of hydrogen-bond acceptors (Lipinski definition) is 3. The van der Waals surface area contributed by atoms with Gasteiger partial charge >= 0.3 is 5.97 Å². The number of rotatable bonds is 10. The third-order valence-electron chi connectivity index (χ3n) is 2.87. The highest BCUT2D eigenvalue weighted by Crippen LogP contribution is 2.17. The quantitative estimate of drug-likeness (QED) is 0.364. The van der Waals surface area contributed by atoms with Crippen LogP contribution in [0.1, 0.15) is 52.4 Å². The highest BCUT2D eigenvalue weighted by Gasteiger charge is 2.14. The second kappa shape index (κ2) is 10.3. The van der Waals surface area contributed by atoms with Gasteiger partial charge in [-0.15, -0.1) is 6.58 Å². The molecule has 0 spiro atoms. The Morgan fingerprint density at radius 3 is 2.59 bits per heavy atom. The van der Waals surface area contributed by atoms with Crippen molar-refractivity contribution in [3.8, 4) is 0 Å². The standard InChI is InChI=1S/C14H26O3/c1-4-9-13(5-2)14(16)10-7-6-8-11-17-12(3)15/h5,13-14,16H,2,4,6-11H2,1,3H3. The number of hydrogen-bond donors (Lipinski definition) is 1. The molecular weight excluding hydrogens is 216 g/mol. The predicted octanol–water partition coefficient (Wildman–Crippen LogP) is 3.07. The summed E-state index contributed by atoms with van der Waals surface area (Å²) in [6.07, 6.45) is 7.28. The molecule has 3 heteroatoms. The summed E-state index contributed by atoms with van der Waals surface area (Å²) in [7, 11) is 0. The molecule has 2 unspecified atom stereocenters. The maximum atomic E-state index is 10.5. The van der Waals surface area contributed by atoms with Crippen LogP contribution in [0.4, 0.5) is 0 Å². The minimum absolute atomic E-state index is 0.216. The molecule has 1 N–H and O–H groups in total. The van der Waals surface area contributed by atoms with Crippen LogP contribution in [0, 0.1) is 5.92 Å². The van der Waals surface area contributed by atoms with Gasteiger partial charge in [-0.2, -0.15) is 0 Å². The van der Waals surface area contributed by atoms with Crippen LogP contribution in [0.15, 0.2) is 12.7 Å². The van der Waals surface area contributed by atoms with Crippen LogP contribution in [0.25, 0.3) is 0 Å². The Balaban J connectivity index is 3.52. The minimum atomic E-state index is -0.277. The van der Waals surface area contributed by atoms with Gasteiger partial charge < -0.3 is 9.84 Å². The lowest BCUT2D eigenvalue weighted by atomic mass is 9.93. The number of aliphatic hydroxyl groups is 1. The Morgan fingerprint density at radius 1 is 1.35 bits per heavy atom. The SMILES string of the molecule is C=CC(CCC)C(O)CCCCCOC(C)=O. The third kappa shape index (κ3) is 8.93. The lowest BCUT2D eigenvalue weighted by Crippen LogP contribution is -2.18. The normalized spacial score (nSPS) is 14.1. The molecule has 2 atom stereocenters. The summed E-state index contributed by atoms with van der Waals surface area (Å²) in [6, 6.07) is 0. The van der Waals surface area contributed by atoms with Gasteiger partial charge in [0.2, 0.25) is 0 Å². The van der Waals surface area contributed by atoms with E-state index in [-0.39, 0.29) is 18.0 Å². The summed E-state index contributed by atoms with van der Waals surface area (Å²) in [5.41, 5.74) is 0. The average Bonchev–Trinajstić information content (AvgIpc) is 2.29. The molecule has 0 saturated heterocycles. The maximum Gasteiger partial charge on any atom is 0.302 e. The lowest BCUT2D eigenvalue weighted by molar-refractivity contribution is -0.141. The van der Waals surface area contributed by atoms with Gasteiger partial charge in [0, 0.05) is 12.8 Å². The Kier molecular flexibility index (Phi) is 9.83. The van der Waals surface area contributed by atoms with E-state index in [9.17, 15) is 9.90 Å². The van der Waals surface area contributed by atoms with E-state index in [0.29, 0.717) is 6.61 Å². The van der Waals surface area contributed by atoms with Crippen molar-refractivity contribution < 1.29 is 14.6 Å². The van der Waals surface area contributed by atoms with Crippen LogP contribution in [0.5, 0.6) is 0 Å². The second-order valence-corrected chi connectivity index (χ2v) is 4.44. The Morgan fingerprint density at radius 2 is 2.06 bits per heavy atom. The first-order valence-electron chi connectivity index (χ1n) is 6.55. The van der Waals surface area contributed by atoms with Crippen LogP contribution in [0.3, 0.4) is 0 Å². The van der Waals surface area contributed by atoms with E-state index in [2.05, 4.69) is 13.5 Å². The highest BCUT2D eigenvalue weighted by molar-refractivity contribution is 5.65. The van der Waals surface area contributed by atoms with E-state index in [1.165, 1.54) is 6.92 Å². The molecule has 0 amide bonds. The van der Waals surface area contributed by atoms with Crippen molar-refractivity contribution in [3.63, 3.8) is 0 Å². The average molecular weight is 242 g/mol. The molecule has 0 radical (unpaired) electrons. The van der Waals surface area contributed by atoms with Gasteiger partial charge in [-0.05, 0) is 25.7 Å². The zero-order valence-electron chi connectivity index (χ0n) is 11.2. The summed E-state index contributed by atoms with van der Waals surface area (Å²) in [5, 5.41) is 9.93. The Labute approximate surface area is 105 Å². The first-order chi connectivity index (χ1) is 8.11. The van der Waals surface area contributed by atoms with Gasteiger partial charge in [0.05, 0.1) is 12.7 Å². The van der Waals surface area contributed by atoms with Crippen molar-refractivity contribution in [2.45, 2.75) is 58.5 Å². The molecule has 3 nitrogen and oxygen atoms in total. The van der Waals surface area contributed by atoms with Crippen LogP contribution >= 0.6 is 0 Å². The molecule has 0 aliphatic rings. The summed E-state index contributed by atoms with van der Waals surface area (Å²) in [4.78, 5) is 10.5. The predicted molar refractivity (Wildman–Crippen MR) is 69.7 cm³/mol. The fourth-order valence-electron chi connectivity index (χ4n) is 1.86. The number of carbonyl (C=O) groups excluding carboxylic acids is 1. The Bertz CT molecular complexity index is 214. The van der Waals surface area contributed by atoms with Crippen molar-refractivity contribution in [2.75, 3.05) is 6.61 Å². The van der Waals surface area contributed by atoms with Crippen molar-refractivity contribution >= 4 is 5.97 Å². The van der Waals surface area contributed by atoms with Crippen LogP contribution in [-0.4, -0.2) is 23.8 Å². The van der Waals surface area contributed by atoms with Crippen LogP contribution < -0.4 is 0 Å². The molecule has 0 aromatic rings. The molecule has 0 heterocycles. The van der Waals surface area contributed by atoms with Gasteiger partial charge in [-0.3, -0.25) is 4.79 Å². The molecule has 0 rings (SSSR count). The van der Waals surface area contributed by atoms with E-state index in [1.807, 2.05) is 6.08 Å². The van der Waals surface area contributed by atoms with E-state index in [4.69, 9.17) is 4.74 Å². The lowest BCUT2D eigenvalue weighted by Gasteiger charge is -2.18. The fraction of sp³-hybridized carbons (Fsp3) is 0.786. The molecule has 0 aromatic carbocycles. The number of ether oxygens (including phenoxy) is 1. The summed E-state index contributed by atoms with van der Waals surface area (Å²) in [6.45, 7) is 7.78. The van der Waals surface area contributed by atoms with Crippen molar-refractivity contribution in [1.29, 1.82) is 0 Å². The van der Waals surface area contributed by atoms with Gasteiger partial charge in [0.25, 0.3) is 0 Å². The van der Waals surface area contributed by atoms with E-state index in [0.717, 1.165) is 38.5 Å².